The van der Waals surface area contributed by atoms with Crippen LogP contribution < -0.4 is 25.5 Å². The third-order valence-corrected chi connectivity index (χ3v) is 6.25. The maximum atomic E-state index is 14.7. The number of ether oxygens (including phenoxy) is 4. The SMILES string of the molecule is COC(=O)C(C)Oc1c(Br)cc(COc2cc(-n3c(=O)cc(C(F)(F)F)n(C)c3=O)c(F)cc2Cl)cc1OC. The molecule has 39 heavy (non-hydrogen) atoms. The van der Waals surface area contributed by atoms with E-state index in [1.165, 1.54) is 27.2 Å². The zero-order chi connectivity index (χ0) is 29.2. The Balaban J connectivity index is 1.97. The summed E-state index contributed by atoms with van der Waals surface area (Å²) in [5.74, 6) is -1.49. The van der Waals surface area contributed by atoms with E-state index in [-0.39, 0.29) is 44.1 Å². The number of halogens is 6. The molecule has 0 fully saturated rings. The second-order valence-electron chi connectivity index (χ2n) is 7.96. The molecule has 0 aliphatic rings. The van der Waals surface area contributed by atoms with Gasteiger partial charge in [-0.1, -0.05) is 11.6 Å². The van der Waals surface area contributed by atoms with Gasteiger partial charge in [0.15, 0.2) is 17.6 Å². The van der Waals surface area contributed by atoms with Crippen LogP contribution in [-0.4, -0.2) is 35.4 Å². The van der Waals surface area contributed by atoms with E-state index >= 15 is 0 Å². The Bertz CT molecular complexity index is 1540. The molecular formula is C24H20BrClF4N2O7. The molecule has 0 aliphatic carbocycles. The van der Waals surface area contributed by atoms with Crippen molar-refractivity contribution in [1.82, 2.24) is 9.13 Å². The topological polar surface area (TPSA) is 98.0 Å². The van der Waals surface area contributed by atoms with Gasteiger partial charge in [0.05, 0.1) is 29.4 Å². The summed E-state index contributed by atoms with van der Waals surface area (Å²) in [6.07, 6.45) is -5.92. The molecule has 210 valence electrons. The number of methoxy groups -OCH3 is 2. The number of carbonyl (C=O) groups excluding carboxylic acids is 1. The van der Waals surface area contributed by atoms with Crippen LogP contribution >= 0.6 is 27.5 Å². The monoisotopic (exact) mass is 638 g/mol. The molecule has 3 rings (SSSR count). The van der Waals surface area contributed by atoms with E-state index in [1.807, 2.05) is 0 Å². The van der Waals surface area contributed by atoms with Crippen LogP contribution in [0, 0.1) is 5.82 Å². The van der Waals surface area contributed by atoms with Crippen molar-refractivity contribution in [1.29, 1.82) is 0 Å². The number of rotatable bonds is 8. The van der Waals surface area contributed by atoms with Crippen LogP contribution in [0.15, 0.2) is 44.4 Å². The molecule has 0 aliphatic heterocycles. The number of benzene rings is 2. The number of alkyl halides is 3. The first-order valence-corrected chi connectivity index (χ1v) is 12.0. The molecule has 1 aromatic heterocycles. The molecule has 3 aromatic rings. The van der Waals surface area contributed by atoms with Crippen molar-refractivity contribution in [3.8, 4) is 22.9 Å². The van der Waals surface area contributed by atoms with Crippen LogP contribution in [0.3, 0.4) is 0 Å². The van der Waals surface area contributed by atoms with Crippen molar-refractivity contribution >= 4 is 33.5 Å². The molecule has 0 N–H and O–H groups in total. The summed E-state index contributed by atoms with van der Waals surface area (Å²) in [4.78, 5) is 36.7. The second-order valence-corrected chi connectivity index (χ2v) is 9.22. The molecule has 0 spiro atoms. The summed E-state index contributed by atoms with van der Waals surface area (Å²) in [6, 6.07) is 4.98. The van der Waals surface area contributed by atoms with Crippen molar-refractivity contribution < 1.29 is 41.3 Å². The number of hydrogen-bond acceptors (Lipinski definition) is 7. The van der Waals surface area contributed by atoms with Crippen LogP contribution in [0.5, 0.6) is 17.2 Å². The molecule has 0 saturated heterocycles. The molecule has 0 amide bonds. The van der Waals surface area contributed by atoms with Crippen molar-refractivity contribution in [2.24, 2.45) is 7.05 Å². The number of esters is 1. The van der Waals surface area contributed by atoms with Crippen molar-refractivity contribution in [2.45, 2.75) is 25.8 Å². The maximum absolute atomic E-state index is 14.7. The quantitative estimate of drug-likeness (QED) is 0.262. The third kappa shape index (κ3) is 6.38. The van der Waals surface area contributed by atoms with Crippen LogP contribution in [0.1, 0.15) is 18.2 Å². The highest BCUT2D eigenvalue weighted by Crippen LogP contribution is 2.38. The highest BCUT2D eigenvalue weighted by Gasteiger charge is 2.35. The van der Waals surface area contributed by atoms with Crippen LogP contribution in [0.2, 0.25) is 5.02 Å². The lowest BCUT2D eigenvalue weighted by molar-refractivity contribution is -0.148. The lowest BCUT2D eigenvalue weighted by Gasteiger charge is -2.18. The minimum Gasteiger partial charge on any atom is -0.493 e. The van der Waals surface area contributed by atoms with Gasteiger partial charge in [0.1, 0.15) is 23.9 Å². The van der Waals surface area contributed by atoms with Crippen LogP contribution in [0.4, 0.5) is 17.6 Å². The number of nitrogens with zero attached hydrogens (tertiary/aromatic N) is 2. The van der Waals surface area contributed by atoms with Gasteiger partial charge in [-0.3, -0.25) is 9.36 Å². The smallest absolute Gasteiger partial charge is 0.431 e. The zero-order valence-corrected chi connectivity index (χ0v) is 23.0. The van der Waals surface area contributed by atoms with E-state index < -0.39 is 46.7 Å². The summed E-state index contributed by atoms with van der Waals surface area (Å²) < 4.78 is 76.3. The standard InChI is InChI=1S/C24H20BrClF4N2O7/c1-11(22(34)37-4)39-21-13(25)5-12(6-18(21)36-3)10-38-17-8-16(15(27)7-14(17)26)32-20(33)9-19(24(28,29)30)31(2)23(32)35/h5-9,11H,10H2,1-4H3. The molecule has 0 radical (unpaired) electrons. The maximum Gasteiger partial charge on any atom is 0.431 e. The zero-order valence-electron chi connectivity index (χ0n) is 20.7. The van der Waals surface area contributed by atoms with Crippen molar-refractivity contribution in [2.75, 3.05) is 14.2 Å². The average molecular weight is 640 g/mol. The largest absolute Gasteiger partial charge is 0.493 e. The number of hydrogen-bond donors (Lipinski definition) is 0. The first-order valence-electron chi connectivity index (χ1n) is 10.8. The van der Waals surface area contributed by atoms with Gasteiger partial charge < -0.3 is 18.9 Å². The third-order valence-electron chi connectivity index (χ3n) is 5.36. The van der Waals surface area contributed by atoms with E-state index in [0.29, 0.717) is 10.0 Å². The van der Waals surface area contributed by atoms with E-state index in [9.17, 15) is 31.9 Å². The first-order chi connectivity index (χ1) is 18.2. The van der Waals surface area contributed by atoms with Crippen molar-refractivity contribution in [3.63, 3.8) is 0 Å². The van der Waals surface area contributed by atoms with Gasteiger partial charge in [-0.2, -0.15) is 13.2 Å². The fourth-order valence-corrected chi connectivity index (χ4v) is 4.23. The van der Waals surface area contributed by atoms with Crippen molar-refractivity contribution in [3.05, 3.63) is 77.7 Å². The van der Waals surface area contributed by atoms with Gasteiger partial charge in [0.2, 0.25) is 0 Å². The normalized spacial score (nSPS) is 12.2. The number of aromatic nitrogens is 2. The number of carbonyl (C=O) groups is 1. The highest BCUT2D eigenvalue weighted by atomic mass is 79.9. The van der Waals surface area contributed by atoms with Gasteiger partial charge in [0.25, 0.3) is 5.56 Å². The molecular weight excluding hydrogens is 620 g/mol. The summed E-state index contributed by atoms with van der Waals surface area (Å²) in [5.41, 5.74) is -4.49. The molecule has 2 aromatic carbocycles. The predicted octanol–water partition coefficient (Wildman–Crippen LogP) is 4.64. The predicted molar refractivity (Wildman–Crippen MR) is 134 cm³/mol. The fraction of sp³-hybridized carbons (Fsp3) is 0.292. The van der Waals surface area contributed by atoms with Gasteiger partial charge >= 0.3 is 17.8 Å². The molecule has 0 saturated carbocycles. The summed E-state index contributed by atoms with van der Waals surface area (Å²) in [5, 5.41) is -0.231. The Morgan fingerprint density at radius 3 is 2.36 bits per heavy atom. The van der Waals surface area contributed by atoms with E-state index in [2.05, 4.69) is 20.7 Å². The second kappa shape index (κ2) is 11.7. The Hall–Kier alpha value is -3.52. The van der Waals surface area contributed by atoms with Gasteiger partial charge in [0, 0.05) is 19.2 Å². The molecule has 1 unspecified atom stereocenters. The summed E-state index contributed by atoms with van der Waals surface area (Å²) in [6.45, 7) is 1.30. The van der Waals surface area contributed by atoms with Gasteiger partial charge in [-0.15, -0.1) is 0 Å². The minimum absolute atomic E-state index is 0.170. The van der Waals surface area contributed by atoms with Crippen LogP contribution in [0.25, 0.3) is 5.69 Å². The highest BCUT2D eigenvalue weighted by molar-refractivity contribution is 9.10. The molecule has 1 heterocycles. The summed E-state index contributed by atoms with van der Waals surface area (Å²) in [7, 11) is 3.39. The Morgan fingerprint density at radius 1 is 1.10 bits per heavy atom. The Morgan fingerprint density at radius 2 is 1.77 bits per heavy atom. The minimum atomic E-state index is -4.98. The van der Waals surface area contributed by atoms with Gasteiger partial charge in [-0.25, -0.2) is 18.5 Å². The lowest BCUT2D eigenvalue weighted by atomic mass is 10.2. The van der Waals surface area contributed by atoms with E-state index in [4.69, 9.17) is 25.8 Å². The van der Waals surface area contributed by atoms with E-state index in [1.54, 1.807) is 6.07 Å². The lowest BCUT2D eigenvalue weighted by Crippen LogP contribution is -2.41. The molecule has 1 atom stereocenters. The average Bonchev–Trinajstić information content (AvgIpc) is 2.86. The molecule has 0 bridgehead atoms. The molecule has 9 nitrogen and oxygen atoms in total. The van der Waals surface area contributed by atoms with E-state index in [0.717, 1.165) is 19.2 Å². The van der Waals surface area contributed by atoms with Gasteiger partial charge in [-0.05, 0) is 46.6 Å². The first kappa shape index (κ1) is 30.0. The van der Waals surface area contributed by atoms with Crippen LogP contribution in [-0.2, 0) is 29.4 Å². The Kier molecular flexibility index (Phi) is 9.01. The molecule has 15 heteroatoms. The summed E-state index contributed by atoms with van der Waals surface area (Å²) >= 11 is 9.41. The fourth-order valence-electron chi connectivity index (χ4n) is 3.44. The Labute approximate surface area is 231 Å².